The van der Waals surface area contributed by atoms with Crippen LogP contribution in [-0.2, 0) is 0 Å². The lowest BCUT2D eigenvalue weighted by molar-refractivity contribution is 0.252. The van der Waals surface area contributed by atoms with Gasteiger partial charge in [0.25, 0.3) is 0 Å². The molecule has 134 valence electrons. The molecule has 1 aliphatic heterocycles. The summed E-state index contributed by atoms with van der Waals surface area (Å²) in [7, 11) is 2.15. The normalized spacial score (nSPS) is 15.4. The number of fused-ring (bicyclic) bond motifs is 1. The number of nitrogens with zero attached hydrogens (tertiary/aromatic N) is 3. The van der Waals surface area contributed by atoms with E-state index in [4.69, 9.17) is 4.98 Å². The van der Waals surface area contributed by atoms with Crippen LogP contribution in [-0.4, -0.2) is 55.7 Å². The smallest absolute Gasteiger partial charge is 0.319 e. The van der Waals surface area contributed by atoms with Gasteiger partial charge in [0.05, 0.1) is 5.52 Å². The molecule has 0 radical (unpaired) electrons. The molecule has 1 aromatic heterocycles. The van der Waals surface area contributed by atoms with Crippen molar-refractivity contribution < 1.29 is 4.79 Å². The number of likely N-dealkylation sites (N-methyl/N-ethyl adjacent to an activating group) is 1. The van der Waals surface area contributed by atoms with Crippen LogP contribution in [0, 0.1) is 6.92 Å². The fraction of sp³-hybridized carbons (Fsp3) is 0.474. The van der Waals surface area contributed by atoms with Crippen molar-refractivity contribution in [2.75, 3.05) is 50.0 Å². The Hall–Kier alpha value is -2.34. The summed E-state index contributed by atoms with van der Waals surface area (Å²) in [6.45, 7) is 8.95. The van der Waals surface area contributed by atoms with Crippen molar-refractivity contribution in [3.63, 3.8) is 0 Å². The van der Waals surface area contributed by atoms with Gasteiger partial charge in [0.15, 0.2) is 0 Å². The van der Waals surface area contributed by atoms with Crippen molar-refractivity contribution in [3.8, 4) is 0 Å². The molecule has 2 amide bonds. The number of rotatable bonds is 4. The lowest BCUT2D eigenvalue weighted by Gasteiger charge is -2.33. The fourth-order valence-electron chi connectivity index (χ4n) is 3.07. The third kappa shape index (κ3) is 4.20. The number of benzene rings is 1. The van der Waals surface area contributed by atoms with E-state index in [9.17, 15) is 4.79 Å². The molecule has 6 heteroatoms. The number of hydrogen-bond acceptors (Lipinski definition) is 4. The van der Waals surface area contributed by atoms with Crippen LogP contribution in [0.25, 0.3) is 10.9 Å². The number of aromatic nitrogens is 1. The number of urea groups is 1. The molecular formula is C19H27N5O. The second-order valence-corrected chi connectivity index (χ2v) is 6.70. The van der Waals surface area contributed by atoms with Crippen molar-refractivity contribution in [1.29, 1.82) is 0 Å². The molecule has 1 saturated heterocycles. The zero-order chi connectivity index (χ0) is 17.8. The van der Waals surface area contributed by atoms with Crippen LogP contribution in [0.2, 0.25) is 0 Å². The van der Waals surface area contributed by atoms with Crippen molar-refractivity contribution in [3.05, 3.63) is 29.8 Å². The number of nitrogens with one attached hydrogen (secondary N) is 2. The quantitative estimate of drug-likeness (QED) is 0.898. The second kappa shape index (κ2) is 7.70. The Morgan fingerprint density at radius 2 is 1.96 bits per heavy atom. The molecule has 0 atom stereocenters. The van der Waals surface area contributed by atoms with Gasteiger partial charge in [0, 0.05) is 43.8 Å². The molecule has 1 aliphatic rings. The number of pyridine rings is 1. The summed E-state index contributed by atoms with van der Waals surface area (Å²) in [5.41, 5.74) is 2.93. The molecule has 25 heavy (non-hydrogen) atoms. The molecule has 0 aliphatic carbocycles. The Morgan fingerprint density at radius 3 is 2.68 bits per heavy atom. The summed E-state index contributed by atoms with van der Waals surface area (Å²) in [6, 6.07) is 7.87. The third-order valence-corrected chi connectivity index (χ3v) is 4.62. The molecule has 0 spiro atoms. The minimum atomic E-state index is -0.166. The van der Waals surface area contributed by atoms with Gasteiger partial charge in [-0.15, -0.1) is 0 Å². The number of anilines is 2. The number of aryl methyl sites for hydroxylation is 1. The first-order chi connectivity index (χ1) is 12.1. The molecular weight excluding hydrogens is 314 g/mol. The van der Waals surface area contributed by atoms with Crippen LogP contribution in [0.3, 0.4) is 0 Å². The highest BCUT2D eigenvalue weighted by atomic mass is 16.2. The van der Waals surface area contributed by atoms with Crippen LogP contribution in [0.1, 0.15) is 18.9 Å². The molecule has 2 heterocycles. The summed E-state index contributed by atoms with van der Waals surface area (Å²) >= 11 is 0. The first-order valence-electron chi connectivity index (χ1n) is 8.96. The van der Waals surface area contributed by atoms with Gasteiger partial charge >= 0.3 is 6.03 Å². The topological polar surface area (TPSA) is 60.5 Å². The van der Waals surface area contributed by atoms with Gasteiger partial charge in [-0.2, -0.15) is 0 Å². The molecule has 6 nitrogen and oxygen atoms in total. The highest BCUT2D eigenvalue weighted by molar-refractivity contribution is 5.93. The Labute approximate surface area is 149 Å². The zero-order valence-corrected chi connectivity index (χ0v) is 15.3. The Bertz CT molecular complexity index is 753. The van der Waals surface area contributed by atoms with E-state index in [-0.39, 0.29) is 6.03 Å². The molecule has 2 aromatic rings. The van der Waals surface area contributed by atoms with Gasteiger partial charge in [-0.25, -0.2) is 9.78 Å². The molecule has 0 bridgehead atoms. The SMILES string of the molecule is CCCNC(=O)Nc1ccc2nc(N3CCN(C)CC3)cc(C)c2c1. The van der Waals surface area contributed by atoms with Crippen LogP contribution in [0.4, 0.5) is 16.3 Å². The first kappa shape index (κ1) is 17.5. The number of carbonyl (C=O) groups is 1. The van der Waals surface area contributed by atoms with Gasteiger partial charge in [-0.1, -0.05) is 6.92 Å². The van der Waals surface area contributed by atoms with E-state index < -0.39 is 0 Å². The number of amides is 2. The van der Waals surface area contributed by atoms with Gasteiger partial charge in [0.1, 0.15) is 5.82 Å². The molecule has 1 fully saturated rings. The standard InChI is InChI=1S/C19H27N5O/c1-4-7-20-19(25)21-15-5-6-17-16(13-15)14(2)12-18(22-17)24-10-8-23(3)9-11-24/h5-6,12-13H,4,7-11H2,1-3H3,(H2,20,21,25). The zero-order valence-electron chi connectivity index (χ0n) is 15.3. The van der Waals surface area contributed by atoms with Gasteiger partial charge < -0.3 is 20.4 Å². The maximum atomic E-state index is 11.8. The van der Waals surface area contributed by atoms with Crippen LogP contribution >= 0.6 is 0 Å². The third-order valence-electron chi connectivity index (χ3n) is 4.62. The summed E-state index contributed by atoms with van der Waals surface area (Å²) < 4.78 is 0. The second-order valence-electron chi connectivity index (χ2n) is 6.70. The number of piperazine rings is 1. The molecule has 3 rings (SSSR count). The van der Waals surface area contributed by atoms with Gasteiger partial charge in [-0.3, -0.25) is 0 Å². The minimum Gasteiger partial charge on any atom is -0.354 e. The van der Waals surface area contributed by atoms with E-state index in [1.54, 1.807) is 0 Å². The predicted molar refractivity (Wildman–Crippen MR) is 104 cm³/mol. The maximum Gasteiger partial charge on any atom is 0.319 e. The predicted octanol–water partition coefficient (Wildman–Crippen LogP) is 2.83. The number of hydrogen-bond donors (Lipinski definition) is 2. The Balaban J connectivity index is 1.80. The first-order valence-corrected chi connectivity index (χ1v) is 8.96. The fourth-order valence-corrected chi connectivity index (χ4v) is 3.07. The molecule has 0 unspecified atom stereocenters. The summed E-state index contributed by atoms with van der Waals surface area (Å²) in [5.74, 6) is 1.04. The lowest BCUT2D eigenvalue weighted by Crippen LogP contribution is -2.44. The van der Waals surface area contributed by atoms with Crippen LogP contribution < -0.4 is 15.5 Å². The average molecular weight is 341 g/mol. The lowest BCUT2D eigenvalue weighted by atomic mass is 10.1. The van der Waals surface area contributed by atoms with E-state index >= 15 is 0 Å². The van der Waals surface area contributed by atoms with E-state index in [0.29, 0.717) is 6.54 Å². The van der Waals surface area contributed by atoms with Crippen LogP contribution in [0.5, 0.6) is 0 Å². The summed E-state index contributed by atoms with van der Waals surface area (Å²) in [4.78, 5) is 21.3. The van der Waals surface area contributed by atoms with Gasteiger partial charge in [0.2, 0.25) is 0 Å². The molecule has 1 aromatic carbocycles. The molecule has 0 saturated carbocycles. The van der Waals surface area contributed by atoms with Crippen molar-refractivity contribution in [1.82, 2.24) is 15.2 Å². The maximum absolute atomic E-state index is 11.8. The van der Waals surface area contributed by atoms with Gasteiger partial charge in [-0.05, 0) is 50.2 Å². The van der Waals surface area contributed by atoms with Crippen molar-refractivity contribution in [2.24, 2.45) is 0 Å². The Kier molecular flexibility index (Phi) is 5.38. The largest absolute Gasteiger partial charge is 0.354 e. The minimum absolute atomic E-state index is 0.166. The number of carbonyl (C=O) groups excluding carboxylic acids is 1. The Morgan fingerprint density at radius 1 is 1.20 bits per heavy atom. The summed E-state index contributed by atoms with van der Waals surface area (Å²) in [5, 5.41) is 6.78. The van der Waals surface area contributed by atoms with Crippen molar-refractivity contribution in [2.45, 2.75) is 20.3 Å². The summed E-state index contributed by atoms with van der Waals surface area (Å²) in [6.07, 6.45) is 0.920. The van der Waals surface area contributed by atoms with E-state index in [1.165, 1.54) is 5.56 Å². The average Bonchev–Trinajstić information content (AvgIpc) is 2.61. The van der Waals surface area contributed by atoms with Crippen molar-refractivity contribution >= 4 is 28.4 Å². The monoisotopic (exact) mass is 341 g/mol. The highest BCUT2D eigenvalue weighted by Gasteiger charge is 2.16. The van der Waals surface area contributed by atoms with Crippen LogP contribution in [0.15, 0.2) is 24.3 Å². The van der Waals surface area contributed by atoms with E-state index in [1.807, 2.05) is 25.1 Å². The van der Waals surface area contributed by atoms with E-state index in [2.05, 4.69) is 40.5 Å². The highest BCUT2D eigenvalue weighted by Crippen LogP contribution is 2.25. The molecule has 2 N–H and O–H groups in total. The van der Waals surface area contributed by atoms with E-state index in [0.717, 1.165) is 55.0 Å².